The van der Waals surface area contributed by atoms with Gasteiger partial charge < -0.3 is 14.1 Å². The van der Waals surface area contributed by atoms with Crippen LogP contribution in [0.25, 0.3) is 11.0 Å². The zero-order valence-electron chi connectivity index (χ0n) is 15.7. The van der Waals surface area contributed by atoms with Gasteiger partial charge in [-0.15, -0.1) is 0 Å². The zero-order chi connectivity index (χ0) is 20.5. The van der Waals surface area contributed by atoms with Gasteiger partial charge in [0.25, 0.3) is 5.91 Å². The minimum absolute atomic E-state index is 0.160. The topological polar surface area (TPSA) is 59.8 Å². The molecule has 2 aromatic rings. The first kappa shape index (κ1) is 20.2. The molecule has 0 bridgehead atoms. The lowest BCUT2D eigenvalue weighted by atomic mass is 9.94. The van der Waals surface area contributed by atoms with Gasteiger partial charge in [-0.2, -0.15) is 13.2 Å². The molecule has 1 atom stereocenters. The van der Waals surface area contributed by atoms with E-state index in [9.17, 15) is 22.8 Å². The van der Waals surface area contributed by atoms with Gasteiger partial charge in [-0.3, -0.25) is 4.79 Å². The van der Waals surface area contributed by atoms with Gasteiger partial charge >= 0.3 is 11.8 Å². The lowest BCUT2D eigenvalue weighted by Gasteiger charge is -2.32. The summed E-state index contributed by atoms with van der Waals surface area (Å²) in [5.74, 6) is -0.0367. The number of nitrogens with zero attached hydrogens (tertiary/aromatic N) is 1. The Morgan fingerprint density at radius 1 is 1.21 bits per heavy atom. The van der Waals surface area contributed by atoms with Crippen LogP contribution in [0.5, 0.6) is 5.75 Å². The van der Waals surface area contributed by atoms with Crippen molar-refractivity contribution in [1.29, 1.82) is 0 Å². The van der Waals surface area contributed by atoms with E-state index in [0.29, 0.717) is 6.07 Å². The molecule has 0 spiro atoms. The summed E-state index contributed by atoms with van der Waals surface area (Å²) in [5.41, 5.74) is -2.40. The molecule has 1 aromatic carbocycles. The van der Waals surface area contributed by atoms with Crippen molar-refractivity contribution in [2.24, 2.45) is 0 Å². The Balaban J connectivity index is 1.80. The summed E-state index contributed by atoms with van der Waals surface area (Å²) in [5, 5.41) is -0.238. The van der Waals surface area contributed by atoms with Crippen LogP contribution in [-0.4, -0.2) is 30.0 Å². The number of hydrogen-bond acceptors (Lipinski definition) is 4. The first-order valence-electron chi connectivity index (χ1n) is 9.25. The van der Waals surface area contributed by atoms with Crippen molar-refractivity contribution < 1.29 is 27.1 Å². The number of halogens is 3. The first-order valence-corrected chi connectivity index (χ1v) is 9.25. The largest absolute Gasteiger partial charge is 0.481 e. The van der Waals surface area contributed by atoms with E-state index < -0.39 is 23.5 Å². The molecule has 1 amide bonds. The summed E-state index contributed by atoms with van der Waals surface area (Å²) in [6, 6.07) is 4.32. The number of carbonyl (C=O) groups excluding carboxylic acids is 1. The highest BCUT2D eigenvalue weighted by atomic mass is 19.4. The zero-order valence-corrected chi connectivity index (χ0v) is 15.7. The maximum absolute atomic E-state index is 13.1. The average molecular weight is 397 g/mol. The highest BCUT2D eigenvalue weighted by Crippen LogP contribution is 2.35. The van der Waals surface area contributed by atoms with Crippen LogP contribution < -0.4 is 10.4 Å². The highest BCUT2D eigenvalue weighted by molar-refractivity contribution is 5.83. The molecule has 1 unspecified atom stereocenters. The van der Waals surface area contributed by atoms with Crippen molar-refractivity contribution in [2.45, 2.75) is 57.3 Å². The maximum Gasteiger partial charge on any atom is 0.417 e. The van der Waals surface area contributed by atoms with Crippen molar-refractivity contribution in [3.8, 4) is 5.75 Å². The van der Waals surface area contributed by atoms with Gasteiger partial charge in [0.2, 0.25) is 0 Å². The molecule has 3 rings (SSSR count). The van der Waals surface area contributed by atoms with E-state index in [4.69, 9.17) is 9.15 Å². The van der Waals surface area contributed by atoms with Crippen LogP contribution in [0.2, 0.25) is 0 Å². The Kier molecular flexibility index (Phi) is 5.67. The van der Waals surface area contributed by atoms with Crippen LogP contribution in [0.1, 0.15) is 44.6 Å². The molecule has 1 fully saturated rings. The number of alkyl halides is 3. The number of likely N-dealkylation sites (N-methyl/N-ethyl adjacent to an activating group) is 1. The number of amides is 1. The van der Waals surface area contributed by atoms with Crippen molar-refractivity contribution in [3.05, 3.63) is 40.2 Å². The van der Waals surface area contributed by atoms with Gasteiger partial charge in [0.05, 0.1) is 5.56 Å². The molecule has 0 saturated heterocycles. The van der Waals surface area contributed by atoms with Crippen molar-refractivity contribution in [1.82, 2.24) is 4.90 Å². The molecule has 28 heavy (non-hydrogen) atoms. The summed E-state index contributed by atoms with van der Waals surface area (Å²) < 4.78 is 49.9. The Morgan fingerprint density at radius 3 is 2.54 bits per heavy atom. The molecule has 8 heteroatoms. The predicted molar refractivity (Wildman–Crippen MR) is 97.2 cm³/mol. The average Bonchev–Trinajstić information content (AvgIpc) is 2.65. The fourth-order valence-electron chi connectivity index (χ4n) is 3.64. The molecule has 1 aliphatic rings. The second kappa shape index (κ2) is 7.85. The highest BCUT2D eigenvalue weighted by Gasteiger charge is 2.34. The number of ether oxygens (including phenoxy) is 1. The summed E-state index contributed by atoms with van der Waals surface area (Å²) in [6.07, 6.45) is -0.241. The van der Waals surface area contributed by atoms with Crippen LogP contribution in [-0.2, 0) is 11.0 Å². The van der Waals surface area contributed by atoms with E-state index in [1.165, 1.54) is 24.6 Å². The third-order valence-electron chi connectivity index (χ3n) is 5.15. The quantitative estimate of drug-likeness (QED) is 0.719. The molecule has 0 aliphatic heterocycles. The smallest absolute Gasteiger partial charge is 0.417 e. The minimum Gasteiger partial charge on any atom is -0.481 e. The second-order valence-electron chi connectivity index (χ2n) is 7.14. The third kappa shape index (κ3) is 4.31. The lowest BCUT2D eigenvalue weighted by Crippen LogP contribution is -2.44. The van der Waals surface area contributed by atoms with Crippen LogP contribution in [0.3, 0.4) is 0 Å². The Labute approximate surface area is 160 Å². The monoisotopic (exact) mass is 397 g/mol. The number of hydrogen-bond donors (Lipinski definition) is 0. The standard InChI is InChI=1S/C20H22F3NO4/c1-12(19(26)24(2)13-6-4-3-5-7-13)27-14-8-9-15-16(20(21,22)23)11-18(25)28-17(15)10-14/h8-13H,3-7H2,1-2H3. The molecule has 1 aliphatic carbocycles. The molecule has 1 heterocycles. The molecule has 1 saturated carbocycles. The number of fused-ring (bicyclic) bond motifs is 1. The molecule has 1 aromatic heterocycles. The molecule has 0 radical (unpaired) electrons. The van der Waals surface area contributed by atoms with Crippen molar-refractivity contribution >= 4 is 16.9 Å². The van der Waals surface area contributed by atoms with E-state index in [1.54, 1.807) is 18.9 Å². The first-order chi connectivity index (χ1) is 13.2. The number of rotatable bonds is 4. The lowest BCUT2D eigenvalue weighted by molar-refractivity contribution is -0.139. The van der Waals surface area contributed by atoms with Gasteiger partial charge in [0.15, 0.2) is 6.10 Å². The second-order valence-corrected chi connectivity index (χ2v) is 7.14. The van der Waals surface area contributed by atoms with Crippen molar-refractivity contribution in [2.75, 3.05) is 7.05 Å². The fourth-order valence-corrected chi connectivity index (χ4v) is 3.64. The SMILES string of the molecule is CC(Oc1ccc2c(C(F)(F)F)cc(=O)oc2c1)C(=O)N(C)C1CCCCC1. The maximum atomic E-state index is 13.1. The normalized spacial score (nSPS) is 16.8. The van der Waals surface area contributed by atoms with E-state index in [-0.39, 0.29) is 28.7 Å². The summed E-state index contributed by atoms with van der Waals surface area (Å²) in [6.45, 7) is 1.59. The van der Waals surface area contributed by atoms with Gasteiger partial charge in [0.1, 0.15) is 11.3 Å². The molecular formula is C20H22F3NO4. The van der Waals surface area contributed by atoms with E-state index >= 15 is 0 Å². The molecule has 5 nitrogen and oxygen atoms in total. The van der Waals surface area contributed by atoms with Gasteiger partial charge in [-0.25, -0.2) is 4.79 Å². The van der Waals surface area contributed by atoms with Gasteiger partial charge in [-0.05, 0) is 31.9 Å². The summed E-state index contributed by atoms with van der Waals surface area (Å²) in [7, 11) is 1.74. The number of benzene rings is 1. The summed E-state index contributed by atoms with van der Waals surface area (Å²) >= 11 is 0. The molecule has 0 N–H and O–H groups in total. The van der Waals surface area contributed by atoms with Crippen LogP contribution in [0, 0.1) is 0 Å². The molecule has 152 valence electrons. The van der Waals surface area contributed by atoms with Crippen LogP contribution in [0.4, 0.5) is 13.2 Å². The Hall–Kier alpha value is -2.51. The third-order valence-corrected chi connectivity index (χ3v) is 5.15. The van der Waals surface area contributed by atoms with Crippen LogP contribution in [0.15, 0.2) is 33.5 Å². The van der Waals surface area contributed by atoms with E-state index in [0.717, 1.165) is 25.7 Å². The predicted octanol–water partition coefficient (Wildman–Crippen LogP) is 4.37. The van der Waals surface area contributed by atoms with Gasteiger partial charge in [0, 0.05) is 30.6 Å². The van der Waals surface area contributed by atoms with Crippen LogP contribution >= 0.6 is 0 Å². The van der Waals surface area contributed by atoms with E-state index in [1.807, 2.05) is 0 Å². The Morgan fingerprint density at radius 2 is 1.89 bits per heavy atom. The van der Waals surface area contributed by atoms with Crippen molar-refractivity contribution in [3.63, 3.8) is 0 Å². The number of carbonyl (C=O) groups is 1. The summed E-state index contributed by atoms with van der Waals surface area (Å²) in [4.78, 5) is 25.8. The van der Waals surface area contributed by atoms with Gasteiger partial charge in [-0.1, -0.05) is 19.3 Å². The Bertz CT molecular complexity index is 916. The molecular weight excluding hydrogens is 375 g/mol. The van der Waals surface area contributed by atoms with E-state index in [2.05, 4.69) is 0 Å². The fraction of sp³-hybridized carbons (Fsp3) is 0.500. The minimum atomic E-state index is -4.68.